The minimum Gasteiger partial charge on any atom is -0.370 e. The van der Waals surface area contributed by atoms with Gasteiger partial charge < -0.3 is 11.1 Å². The smallest absolute Gasteiger partial charge is 0.224 e. The third-order valence-electron chi connectivity index (χ3n) is 3.34. The molecule has 0 saturated heterocycles. The summed E-state index contributed by atoms with van der Waals surface area (Å²) in [5.74, 6) is -0.527. The zero-order valence-electron chi connectivity index (χ0n) is 12.6. The maximum atomic E-state index is 11.9. The molecule has 114 valence electrons. The van der Waals surface area contributed by atoms with Crippen molar-refractivity contribution in [3.63, 3.8) is 0 Å². The van der Waals surface area contributed by atoms with Crippen LogP contribution < -0.4 is 11.1 Å². The van der Waals surface area contributed by atoms with Gasteiger partial charge in [-0.1, -0.05) is 54.6 Å². The first-order valence-corrected chi connectivity index (χ1v) is 7.26. The molecule has 0 fully saturated rings. The summed E-state index contributed by atoms with van der Waals surface area (Å²) < 4.78 is 0. The average molecular weight is 296 g/mol. The molecule has 0 aromatic heterocycles. The van der Waals surface area contributed by atoms with Gasteiger partial charge in [0.15, 0.2) is 0 Å². The van der Waals surface area contributed by atoms with Crippen LogP contribution in [0.15, 0.2) is 54.6 Å². The molecule has 3 N–H and O–H groups in total. The summed E-state index contributed by atoms with van der Waals surface area (Å²) >= 11 is 0. The summed E-state index contributed by atoms with van der Waals surface area (Å²) in [7, 11) is 0. The van der Waals surface area contributed by atoms with Crippen LogP contribution in [-0.4, -0.2) is 17.9 Å². The summed E-state index contributed by atoms with van der Waals surface area (Å²) in [4.78, 5) is 22.7. The van der Waals surface area contributed by atoms with E-state index in [-0.39, 0.29) is 24.8 Å². The lowest BCUT2D eigenvalue weighted by atomic mass is 10.0. The monoisotopic (exact) mass is 296 g/mol. The zero-order chi connectivity index (χ0) is 15.9. The molecular weight excluding hydrogens is 276 g/mol. The lowest BCUT2D eigenvalue weighted by Crippen LogP contribution is -2.36. The molecule has 4 heteroatoms. The highest BCUT2D eigenvalue weighted by Crippen LogP contribution is 2.19. The third-order valence-corrected chi connectivity index (χ3v) is 3.34. The van der Waals surface area contributed by atoms with Gasteiger partial charge in [-0.15, -0.1) is 0 Å². The van der Waals surface area contributed by atoms with Crippen molar-refractivity contribution >= 4 is 11.8 Å². The molecule has 22 heavy (non-hydrogen) atoms. The molecule has 0 radical (unpaired) electrons. The van der Waals surface area contributed by atoms with Gasteiger partial charge in [0.05, 0.1) is 6.42 Å². The van der Waals surface area contributed by atoms with Gasteiger partial charge in [-0.05, 0) is 23.6 Å². The number of hydrogen-bond acceptors (Lipinski definition) is 2. The highest BCUT2D eigenvalue weighted by Gasteiger charge is 2.10. The van der Waals surface area contributed by atoms with E-state index in [2.05, 4.69) is 5.32 Å². The summed E-state index contributed by atoms with van der Waals surface area (Å²) in [6.45, 7) is 1.77. The van der Waals surface area contributed by atoms with Crippen molar-refractivity contribution in [1.82, 2.24) is 5.32 Å². The van der Waals surface area contributed by atoms with E-state index in [1.807, 2.05) is 54.6 Å². The van der Waals surface area contributed by atoms with Crippen LogP contribution in [0.4, 0.5) is 0 Å². The van der Waals surface area contributed by atoms with Crippen molar-refractivity contribution in [2.24, 2.45) is 5.73 Å². The predicted octanol–water partition coefficient (Wildman–Crippen LogP) is 2.28. The molecule has 2 amide bonds. The summed E-state index contributed by atoms with van der Waals surface area (Å²) in [6, 6.07) is 17.7. The number of amides is 2. The number of carbonyl (C=O) groups is 2. The fourth-order valence-electron chi connectivity index (χ4n) is 2.31. The molecule has 1 unspecified atom stereocenters. The SMILES string of the molecule is CC(CC(N)=O)NC(=O)Cc1ccc(-c2ccccc2)cc1. The van der Waals surface area contributed by atoms with E-state index in [1.165, 1.54) is 0 Å². The van der Waals surface area contributed by atoms with Crippen molar-refractivity contribution in [3.8, 4) is 11.1 Å². The van der Waals surface area contributed by atoms with E-state index >= 15 is 0 Å². The summed E-state index contributed by atoms with van der Waals surface area (Å²) in [5.41, 5.74) is 8.30. The fraction of sp³-hybridized carbons (Fsp3) is 0.222. The van der Waals surface area contributed by atoms with Gasteiger partial charge in [-0.3, -0.25) is 9.59 Å². The van der Waals surface area contributed by atoms with Crippen molar-refractivity contribution in [3.05, 3.63) is 60.2 Å². The normalized spacial score (nSPS) is 11.7. The Balaban J connectivity index is 1.94. The van der Waals surface area contributed by atoms with E-state index in [1.54, 1.807) is 6.92 Å². The second-order valence-corrected chi connectivity index (χ2v) is 5.38. The first-order valence-electron chi connectivity index (χ1n) is 7.26. The van der Waals surface area contributed by atoms with Crippen molar-refractivity contribution < 1.29 is 9.59 Å². The number of benzene rings is 2. The van der Waals surface area contributed by atoms with E-state index in [0.29, 0.717) is 0 Å². The number of hydrogen-bond donors (Lipinski definition) is 2. The standard InChI is InChI=1S/C18H20N2O2/c1-13(11-17(19)21)20-18(22)12-14-7-9-16(10-8-14)15-5-3-2-4-6-15/h2-10,13H,11-12H2,1H3,(H2,19,21)(H,20,22). The van der Waals surface area contributed by atoms with Crippen LogP contribution in [0.2, 0.25) is 0 Å². The summed E-state index contributed by atoms with van der Waals surface area (Å²) in [5, 5.41) is 2.77. The second kappa shape index (κ2) is 7.41. The van der Waals surface area contributed by atoms with Crippen molar-refractivity contribution in [2.45, 2.75) is 25.8 Å². The Morgan fingerprint density at radius 2 is 1.59 bits per heavy atom. The molecule has 0 aliphatic carbocycles. The Labute approximate surface area is 130 Å². The number of carbonyl (C=O) groups excluding carboxylic acids is 2. The van der Waals surface area contributed by atoms with Crippen LogP contribution in [0.3, 0.4) is 0 Å². The summed E-state index contributed by atoms with van der Waals surface area (Å²) in [6.07, 6.45) is 0.441. The Morgan fingerprint density at radius 1 is 1.00 bits per heavy atom. The van der Waals surface area contributed by atoms with Crippen LogP contribution in [0.1, 0.15) is 18.9 Å². The van der Waals surface area contributed by atoms with Crippen LogP contribution in [0.5, 0.6) is 0 Å². The van der Waals surface area contributed by atoms with E-state index in [0.717, 1.165) is 16.7 Å². The molecule has 0 spiro atoms. The fourth-order valence-corrected chi connectivity index (χ4v) is 2.31. The lowest BCUT2D eigenvalue weighted by Gasteiger charge is -2.12. The largest absolute Gasteiger partial charge is 0.370 e. The molecule has 2 aromatic carbocycles. The minimum absolute atomic E-state index is 0.110. The first kappa shape index (κ1) is 15.8. The maximum absolute atomic E-state index is 11.9. The number of nitrogens with two attached hydrogens (primary N) is 1. The van der Waals surface area contributed by atoms with Crippen LogP contribution in [-0.2, 0) is 16.0 Å². The Hall–Kier alpha value is -2.62. The van der Waals surface area contributed by atoms with Crippen LogP contribution >= 0.6 is 0 Å². The molecule has 2 aromatic rings. The Morgan fingerprint density at radius 3 is 2.18 bits per heavy atom. The maximum Gasteiger partial charge on any atom is 0.224 e. The Bertz CT molecular complexity index is 636. The highest BCUT2D eigenvalue weighted by molar-refractivity contribution is 5.80. The van der Waals surface area contributed by atoms with Gasteiger partial charge in [0, 0.05) is 12.5 Å². The molecule has 0 saturated carbocycles. The lowest BCUT2D eigenvalue weighted by molar-refractivity contribution is -0.121. The molecule has 1 atom stereocenters. The van der Waals surface area contributed by atoms with E-state index in [4.69, 9.17) is 5.73 Å². The molecule has 0 aliphatic rings. The second-order valence-electron chi connectivity index (χ2n) is 5.38. The number of rotatable bonds is 6. The highest BCUT2D eigenvalue weighted by atomic mass is 16.2. The quantitative estimate of drug-likeness (QED) is 0.858. The molecule has 4 nitrogen and oxygen atoms in total. The van der Waals surface area contributed by atoms with E-state index in [9.17, 15) is 9.59 Å². The predicted molar refractivity (Wildman–Crippen MR) is 87.0 cm³/mol. The van der Waals surface area contributed by atoms with E-state index < -0.39 is 5.91 Å². The van der Waals surface area contributed by atoms with Crippen molar-refractivity contribution in [2.75, 3.05) is 0 Å². The molecule has 0 heterocycles. The molecule has 2 rings (SSSR count). The molecular formula is C18H20N2O2. The Kier molecular flexibility index (Phi) is 5.31. The van der Waals surface area contributed by atoms with Crippen LogP contribution in [0, 0.1) is 0 Å². The average Bonchev–Trinajstić information content (AvgIpc) is 2.47. The van der Waals surface area contributed by atoms with Gasteiger partial charge in [0.1, 0.15) is 0 Å². The third kappa shape index (κ3) is 4.74. The first-order chi connectivity index (χ1) is 10.5. The number of nitrogens with one attached hydrogen (secondary N) is 1. The van der Waals surface area contributed by atoms with Gasteiger partial charge in [-0.25, -0.2) is 0 Å². The topological polar surface area (TPSA) is 72.2 Å². The van der Waals surface area contributed by atoms with Gasteiger partial charge in [0.2, 0.25) is 11.8 Å². The van der Waals surface area contributed by atoms with Crippen molar-refractivity contribution in [1.29, 1.82) is 0 Å². The molecule has 0 aliphatic heterocycles. The zero-order valence-corrected chi connectivity index (χ0v) is 12.6. The molecule has 0 bridgehead atoms. The van der Waals surface area contributed by atoms with Gasteiger partial charge >= 0.3 is 0 Å². The van der Waals surface area contributed by atoms with Crippen LogP contribution in [0.25, 0.3) is 11.1 Å². The minimum atomic E-state index is -0.417. The van der Waals surface area contributed by atoms with Gasteiger partial charge in [0.25, 0.3) is 0 Å². The number of primary amides is 1. The van der Waals surface area contributed by atoms with Gasteiger partial charge in [-0.2, -0.15) is 0 Å².